The highest BCUT2D eigenvalue weighted by Gasteiger charge is 2.34. The van der Waals surface area contributed by atoms with Gasteiger partial charge >= 0.3 is 35.8 Å². The van der Waals surface area contributed by atoms with Crippen molar-refractivity contribution in [2.24, 2.45) is 0 Å². The number of hydrogen-bond acceptors (Lipinski definition) is 32. The van der Waals surface area contributed by atoms with Crippen molar-refractivity contribution in [3.63, 3.8) is 0 Å². The van der Waals surface area contributed by atoms with Gasteiger partial charge in [-0.1, -0.05) is 39.0 Å². The van der Waals surface area contributed by atoms with Crippen molar-refractivity contribution in [2.75, 3.05) is 172 Å². The van der Waals surface area contributed by atoms with Crippen molar-refractivity contribution in [2.45, 2.75) is 183 Å². The van der Waals surface area contributed by atoms with Crippen LogP contribution in [0.5, 0.6) is 34.5 Å². The van der Waals surface area contributed by atoms with Gasteiger partial charge in [0.1, 0.15) is 51.2 Å². The van der Waals surface area contributed by atoms with Gasteiger partial charge in [-0.05, 0) is 86.2 Å². The second-order valence-electron chi connectivity index (χ2n) is 29.0. The lowest BCUT2D eigenvalue weighted by molar-refractivity contribution is -0.152. The molecule has 0 aliphatic carbocycles. The van der Waals surface area contributed by atoms with Crippen LogP contribution >= 0.6 is 0 Å². The number of phenols is 2. The van der Waals surface area contributed by atoms with Gasteiger partial charge in [-0.2, -0.15) is 0 Å². The average Bonchev–Trinajstić information content (AvgIpc) is 1.67. The second-order valence-corrected chi connectivity index (χ2v) is 29.0. The first-order chi connectivity index (χ1) is 59.0. The van der Waals surface area contributed by atoms with E-state index in [-0.39, 0.29) is 248 Å². The number of aliphatic hydroxyl groups is 4. The molecule has 0 bridgehead atoms. The highest BCUT2D eigenvalue weighted by Crippen LogP contribution is 2.41. The summed E-state index contributed by atoms with van der Waals surface area (Å²) in [6.07, 6.45) is 1.86. The Hall–Kier alpha value is -10.8. The Morgan fingerprint density at radius 2 is 0.532 bits per heavy atom. The number of esters is 6. The number of aromatic hydroxyl groups is 2. The van der Waals surface area contributed by atoms with Crippen LogP contribution in [-0.2, 0) is 124 Å². The first kappa shape index (κ1) is 109. The predicted octanol–water partition coefficient (Wildman–Crippen LogP) is 4.29. The summed E-state index contributed by atoms with van der Waals surface area (Å²) in [6.45, 7) is 17.5. The van der Waals surface area contributed by atoms with E-state index in [2.05, 4.69) is 0 Å². The average molecular weight is 1760 g/mol. The summed E-state index contributed by atoms with van der Waals surface area (Å²) in [6, 6.07) is 15.4. The molecule has 0 fully saturated rings. The Balaban J connectivity index is 0.000000620. The van der Waals surface area contributed by atoms with Gasteiger partial charge in [-0.3, -0.25) is 57.5 Å². The Labute approximate surface area is 724 Å². The number of Topliss-reactive ketones (excluding diaryl/α,β-unsaturated/α-hetero) is 2. The number of amides is 6. The summed E-state index contributed by atoms with van der Waals surface area (Å²) in [7, 11) is 3.05. The van der Waals surface area contributed by atoms with Gasteiger partial charge in [0.15, 0.2) is 34.5 Å². The molecule has 38 nitrogen and oxygen atoms in total. The maximum absolute atomic E-state index is 13.2. The van der Waals surface area contributed by atoms with Crippen molar-refractivity contribution in [1.29, 1.82) is 0 Å². The number of benzene rings is 3. The molecular weight excluding hydrogens is 1630 g/mol. The third-order valence-electron chi connectivity index (χ3n) is 18.2. The summed E-state index contributed by atoms with van der Waals surface area (Å²) < 4.78 is 63.8. The summed E-state index contributed by atoms with van der Waals surface area (Å²) in [5.41, 5.74) is 2.47. The van der Waals surface area contributed by atoms with E-state index in [1.165, 1.54) is 64.7 Å². The molecule has 3 aromatic rings. The number of hydrogen-bond donors (Lipinski definition) is 6. The third-order valence-corrected chi connectivity index (χ3v) is 18.2. The van der Waals surface area contributed by atoms with Crippen molar-refractivity contribution in [3.05, 3.63) is 71.3 Å². The molecule has 2 aliphatic rings. The van der Waals surface area contributed by atoms with Crippen LogP contribution in [0.3, 0.4) is 0 Å². The molecule has 0 aromatic heterocycles. The molecule has 2 aliphatic heterocycles. The van der Waals surface area contributed by atoms with E-state index >= 15 is 0 Å². The van der Waals surface area contributed by atoms with Crippen LogP contribution < -0.4 is 18.9 Å². The van der Waals surface area contributed by atoms with E-state index in [1.54, 1.807) is 51.7 Å². The largest absolute Gasteiger partial charge is 0.504 e. The first-order valence-electron chi connectivity index (χ1n) is 41.5. The third kappa shape index (κ3) is 47.2. The van der Waals surface area contributed by atoms with E-state index < -0.39 is 47.4 Å². The lowest BCUT2D eigenvalue weighted by Gasteiger charge is -2.22. The van der Waals surface area contributed by atoms with Gasteiger partial charge in [0, 0.05) is 133 Å². The molecule has 38 heteroatoms. The van der Waals surface area contributed by atoms with Crippen LogP contribution in [0.15, 0.2) is 54.6 Å². The highest BCUT2D eigenvalue weighted by molar-refractivity contribution is 5.83. The van der Waals surface area contributed by atoms with E-state index in [0.717, 1.165) is 11.1 Å². The van der Waals surface area contributed by atoms with Crippen LogP contribution in [0.4, 0.5) is 0 Å². The van der Waals surface area contributed by atoms with Crippen molar-refractivity contribution >= 4 is 82.8 Å². The molecule has 0 saturated heterocycles. The lowest BCUT2D eigenvalue weighted by Crippen LogP contribution is -2.37. The van der Waals surface area contributed by atoms with Crippen molar-refractivity contribution in [3.8, 4) is 34.5 Å². The number of nitrogens with zero attached hydrogens (tertiary/aromatic N) is 6. The molecular formula is C86H130N6O32. The van der Waals surface area contributed by atoms with Gasteiger partial charge in [0.05, 0.1) is 117 Å². The monoisotopic (exact) mass is 1760 g/mol. The smallest absolute Gasteiger partial charge is 0.306 e. The molecule has 696 valence electrons. The molecule has 0 unspecified atom stereocenters. The minimum absolute atomic E-state index is 0.00994. The summed E-state index contributed by atoms with van der Waals surface area (Å²) in [4.78, 5) is 176. The number of phenolic OH excluding ortho intramolecular Hbond substituents is 2. The number of fused-ring (bicyclic) bond motifs is 2. The van der Waals surface area contributed by atoms with Crippen molar-refractivity contribution in [1.82, 2.24) is 29.4 Å². The number of aryl methyl sites for hydroxylation is 3. The van der Waals surface area contributed by atoms with E-state index in [9.17, 15) is 77.3 Å². The van der Waals surface area contributed by atoms with Crippen LogP contribution in [0, 0.1) is 0 Å². The normalized spacial score (nSPS) is 12.0. The molecule has 124 heavy (non-hydrogen) atoms. The zero-order valence-electron chi connectivity index (χ0n) is 73.7. The molecule has 0 saturated carbocycles. The van der Waals surface area contributed by atoms with Crippen LogP contribution in [0.25, 0.3) is 0 Å². The Kier molecular flexibility index (Phi) is 54.2. The molecule has 6 N–H and O–H groups in total. The number of aliphatic hydroxyl groups excluding tert-OH is 4. The predicted molar refractivity (Wildman–Crippen MR) is 445 cm³/mol. The fraction of sp³-hybridized carbons (Fsp3) is 0.628. The molecule has 0 radical (unpaired) electrons. The SMILES string of the molecule is CC1(C)Oc2ccc(CCC(=O)N(CCO)CCO)cc2O1.CCC(=O)N(CCO)CCO.CCC(=O)N(CCOC)CCOC(=O)CCC(=O)OCCN(CCOC(=O)CCC(C)=O)C(=O)CCc1ccc(O)c(O)c1.CCC(=O)N(CCOC)CCOC(=O)CCC(=O)OCCN(CCOC(=O)CCC(C)=O)C(=O)CCc1ccc2c(c1)OC(C)(C)O2. The number of methoxy groups -OCH3 is 2. The summed E-state index contributed by atoms with van der Waals surface area (Å²) in [5, 5.41) is 54.1. The Morgan fingerprint density at radius 1 is 0.298 bits per heavy atom. The zero-order valence-corrected chi connectivity index (χ0v) is 73.7. The highest BCUT2D eigenvalue weighted by atomic mass is 16.7. The van der Waals surface area contributed by atoms with Gasteiger partial charge in [0.25, 0.3) is 0 Å². The fourth-order valence-electron chi connectivity index (χ4n) is 11.5. The lowest BCUT2D eigenvalue weighted by atomic mass is 10.1. The number of rotatable bonds is 56. The minimum Gasteiger partial charge on any atom is -0.504 e. The fourth-order valence-corrected chi connectivity index (χ4v) is 11.5. The number of carbonyl (C=O) groups is 14. The van der Waals surface area contributed by atoms with E-state index in [0.29, 0.717) is 106 Å². The first-order valence-corrected chi connectivity index (χ1v) is 41.5. The molecule has 3 aromatic carbocycles. The van der Waals surface area contributed by atoms with Crippen LogP contribution in [-0.4, -0.2) is 326 Å². The van der Waals surface area contributed by atoms with E-state index in [1.807, 2.05) is 44.2 Å². The van der Waals surface area contributed by atoms with Gasteiger partial charge in [-0.25, -0.2) is 0 Å². The van der Waals surface area contributed by atoms with Crippen LogP contribution in [0.1, 0.15) is 169 Å². The molecule has 6 amide bonds. The van der Waals surface area contributed by atoms with Gasteiger partial charge in [-0.15, -0.1) is 0 Å². The Morgan fingerprint density at radius 3 is 0.790 bits per heavy atom. The maximum atomic E-state index is 13.2. The number of ether oxygens (including phenoxy) is 12. The van der Waals surface area contributed by atoms with Gasteiger partial charge in [0.2, 0.25) is 47.0 Å². The minimum atomic E-state index is -0.769. The topological polar surface area (TPSA) is 491 Å². The van der Waals surface area contributed by atoms with Crippen molar-refractivity contribution < 1.29 is 155 Å². The zero-order chi connectivity index (χ0) is 92.6. The number of ketones is 2. The summed E-state index contributed by atoms with van der Waals surface area (Å²) >= 11 is 0. The van der Waals surface area contributed by atoms with E-state index in [4.69, 9.17) is 77.3 Å². The van der Waals surface area contributed by atoms with Crippen LogP contribution in [0.2, 0.25) is 0 Å². The molecule has 0 atom stereocenters. The molecule has 5 rings (SSSR count). The second kappa shape index (κ2) is 61.5. The summed E-state index contributed by atoms with van der Waals surface area (Å²) in [5.74, 6) is -4.22. The maximum Gasteiger partial charge on any atom is 0.306 e. The quantitative estimate of drug-likeness (QED) is 0.0261. The van der Waals surface area contributed by atoms with Gasteiger partial charge < -0.3 is 126 Å². The Bertz CT molecular complexity index is 3820. The molecule has 0 spiro atoms. The standard InChI is InChI=1S/C33H48N2O12.C30H44N2O12.C16H23NO5.C7H15NO3/c1-6-28(37)34(15-19-42-5)16-20-44-31(40)13-14-32(41)45-22-18-35(17-21-43-30(39)12-7-24(2)36)29(38)11-9-25-8-10-26-27(23-25)47-33(3,4)46-26;1-4-26(36)31(13-17-41-3)14-18-43-29(39)11-12-30(40)44-20-16-32(15-19-42-28(38)10-5-22(2)33)27(37)9-7-23-6-8-24(34)25(35)21-23;1-16(2)21-13-5-3-12(11-14(13)22-16)4-6-15(20)17(7-9-18)8-10-19;1-2-7(11)8(3-5-9)4-6-10/h8,10,23H,6-7,9,11-22H2,1-5H3;6,8,21,34-35H,4-5,7,9-20H2,1-3H3;3,5,11,18-19H,4,6-10H2,1-2H3;9-10H,2-6H2,1H3. The molecule has 2 heterocycles. The number of carbonyl (C=O) groups excluding carboxylic acids is 14.